The number of benzene rings is 2. The Morgan fingerprint density at radius 2 is 1.73 bits per heavy atom. The van der Waals surface area contributed by atoms with Crippen LogP contribution in [0, 0.1) is 6.92 Å². The van der Waals surface area contributed by atoms with Crippen LogP contribution in [-0.4, -0.2) is 34.8 Å². The third-order valence-electron chi connectivity index (χ3n) is 4.99. The minimum Gasteiger partial charge on any atom is -0.332 e. The summed E-state index contributed by atoms with van der Waals surface area (Å²) in [6.07, 6.45) is 0.720. The van der Waals surface area contributed by atoms with Gasteiger partial charge in [0.1, 0.15) is 6.54 Å². The van der Waals surface area contributed by atoms with Crippen molar-refractivity contribution in [2.45, 2.75) is 33.4 Å². The summed E-state index contributed by atoms with van der Waals surface area (Å²) in [6.45, 7) is 5.41. The summed E-state index contributed by atoms with van der Waals surface area (Å²) in [5.74, 6) is -0.115. The van der Waals surface area contributed by atoms with Crippen molar-refractivity contribution in [2.75, 3.05) is 18.4 Å². The van der Waals surface area contributed by atoms with E-state index in [2.05, 4.69) is 11.4 Å². The van der Waals surface area contributed by atoms with Crippen LogP contribution in [0.1, 0.15) is 28.7 Å². The first-order valence-electron chi connectivity index (χ1n) is 10.7. The van der Waals surface area contributed by atoms with E-state index in [9.17, 15) is 9.59 Å². The number of nitrogens with zero attached hydrogens (tertiary/aromatic N) is 2. The maximum atomic E-state index is 13.4. The molecule has 1 aromatic heterocycles. The Balaban J connectivity index is 1.75. The number of thiophene rings is 1. The second-order valence-electron chi connectivity index (χ2n) is 7.72. The molecular weight excluding hydrogens is 477 g/mol. The van der Waals surface area contributed by atoms with Crippen molar-refractivity contribution in [2.24, 2.45) is 0 Å². The predicted octanol–water partition coefficient (Wildman–Crippen LogP) is 6.84. The van der Waals surface area contributed by atoms with Crippen molar-refractivity contribution in [3.05, 3.63) is 86.0 Å². The van der Waals surface area contributed by atoms with E-state index in [1.807, 2.05) is 50.2 Å². The molecule has 8 heteroatoms. The smallest absolute Gasteiger partial charge is 0.322 e. The van der Waals surface area contributed by atoms with Crippen molar-refractivity contribution >= 4 is 52.2 Å². The summed E-state index contributed by atoms with van der Waals surface area (Å²) >= 11 is 13.8. The lowest BCUT2D eigenvalue weighted by Crippen LogP contribution is -2.44. The fourth-order valence-corrected chi connectivity index (χ4v) is 4.73. The van der Waals surface area contributed by atoms with Crippen LogP contribution in [0.15, 0.2) is 60.7 Å². The second kappa shape index (κ2) is 12.1. The number of aryl methyl sites for hydroxylation is 1. The van der Waals surface area contributed by atoms with Crippen molar-refractivity contribution < 1.29 is 9.59 Å². The molecule has 33 heavy (non-hydrogen) atoms. The normalized spacial score (nSPS) is 10.7. The molecule has 0 unspecified atom stereocenters. The third-order valence-corrected chi connectivity index (χ3v) is 6.52. The van der Waals surface area contributed by atoms with E-state index in [1.165, 1.54) is 9.78 Å². The molecule has 2 aromatic carbocycles. The van der Waals surface area contributed by atoms with E-state index in [-0.39, 0.29) is 18.5 Å². The van der Waals surface area contributed by atoms with Crippen molar-refractivity contribution in [1.82, 2.24) is 9.80 Å². The number of carbonyl (C=O) groups excluding carboxylic acids is 2. The molecular formula is C25H27Cl2N3O2S. The van der Waals surface area contributed by atoms with Gasteiger partial charge >= 0.3 is 6.03 Å². The molecule has 0 saturated heterocycles. The summed E-state index contributed by atoms with van der Waals surface area (Å²) in [5.41, 5.74) is 1.49. The largest absolute Gasteiger partial charge is 0.332 e. The van der Waals surface area contributed by atoms with E-state index in [4.69, 9.17) is 23.2 Å². The average molecular weight is 504 g/mol. The zero-order valence-electron chi connectivity index (χ0n) is 18.7. The predicted molar refractivity (Wildman–Crippen MR) is 137 cm³/mol. The number of rotatable bonds is 9. The maximum Gasteiger partial charge on any atom is 0.322 e. The fraction of sp³-hybridized carbons (Fsp3) is 0.280. The Bertz CT molecular complexity index is 1090. The number of amides is 3. The number of urea groups is 1. The fourth-order valence-electron chi connectivity index (χ4n) is 3.36. The molecule has 1 N–H and O–H groups in total. The monoisotopic (exact) mass is 503 g/mol. The Morgan fingerprint density at radius 3 is 2.36 bits per heavy atom. The molecule has 174 valence electrons. The molecule has 3 aromatic rings. The van der Waals surface area contributed by atoms with Gasteiger partial charge in [0.15, 0.2) is 0 Å². The highest BCUT2D eigenvalue weighted by Gasteiger charge is 2.22. The standard InChI is InChI=1S/C25H27Cl2N3O2S/c1-3-13-29(25(32)28-23-12-10-20(26)14-22(23)27)17-24(31)30(15-19-7-5-4-6-8-19)16-21-11-9-18(2)33-21/h4-12,14H,3,13,15-17H2,1-2H3,(H,28,32). The highest BCUT2D eigenvalue weighted by molar-refractivity contribution is 7.11. The Kier molecular flexibility index (Phi) is 9.18. The second-order valence-corrected chi connectivity index (χ2v) is 9.94. The molecule has 1 heterocycles. The van der Waals surface area contributed by atoms with Crippen molar-refractivity contribution in [3.63, 3.8) is 0 Å². The first-order chi connectivity index (χ1) is 15.9. The molecule has 3 amide bonds. The topological polar surface area (TPSA) is 52.7 Å². The third kappa shape index (κ3) is 7.49. The first-order valence-corrected chi connectivity index (χ1v) is 12.3. The van der Waals surface area contributed by atoms with Gasteiger partial charge in [-0.05, 0) is 49.2 Å². The summed E-state index contributed by atoms with van der Waals surface area (Å²) < 4.78 is 0. The molecule has 0 bridgehead atoms. The van der Waals surface area contributed by atoms with Gasteiger partial charge in [0, 0.05) is 27.9 Å². The van der Waals surface area contributed by atoms with Crippen LogP contribution in [-0.2, 0) is 17.9 Å². The molecule has 0 atom stereocenters. The number of hydrogen-bond acceptors (Lipinski definition) is 3. The molecule has 0 spiro atoms. The number of hydrogen-bond donors (Lipinski definition) is 1. The lowest BCUT2D eigenvalue weighted by molar-refractivity contribution is -0.133. The molecule has 3 rings (SSSR count). The SMILES string of the molecule is CCCN(CC(=O)N(Cc1ccccc1)Cc1ccc(C)s1)C(=O)Nc1ccc(Cl)cc1Cl. The molecule has 5 nitrogen and oxygen atoms in total. The van der Waals surface area contributed by atoms with Crippen LogP contribution < -0.4 is 5.32 Å². The summed E-state index contributed by atoms with van der Waals surface area (Å²) in [7, 11) is 0. The summed E-state index contributed by atoms with van der Waals surface area (Å²) in [5, 5.41) is 3.63. The molecule has 0 aliphatic heterocycles. The Labute approximate surface area is 208 Å². The highest BCUT2D eigenvalue weighted by Crippen LogP contribution is 2.26. The summed E-state index contributed by atoms with van der Waals surface area (Å²) in [6, 6.07) is 18.5. The van der Waals surface area contributed by atoms with Crippen LogP contribution >= 0.6 is 34.5 Å². The number of nitrogens with one attached hydrogen (secondary N) is 1. The Hall–Kier alpha value is -2.54. The highest BCUT2D eigenvalue weighted by atomic mass is 35.5. The van der Waals surface area contributed by atoms with Gasteiger partial charge in [-0.15, -0.1) is 11.3 Å². The van der Waals surface area contributed by atoms with Crippen LogP contribution in [0.2, 0.25) is 10.0 Å². The van der Waals surface area contributed by atoms with E-state index in [0.29, 0.717) is 35.4 Å². The van der Waals surface area contributed by atoms with E-state index < -0.39 is 0 Å². The van der Waals surface area contributed by atoms with Crippen LogP contribution in [0.3, 0.4) is 0 Å². The molecule has 0 radical (unpaired) electrons. The van der Waals surface area contributed by atoms with Crippen LogP contribution in [0.4, 0.5) is 10.5 Å². The summed E-state index contributed by atoms with van der Waals surface area (Å²) in [4.78, 5) is 32.0. The first kappa shape index (κ1) is 25.1. The molecule has 0 aliphatic rings. The Morgan fingerprint density at radius 1 is 0.970 bits per heavy atom. The van der Waals surface area contributed by atoms with Gasteiger partial charge in [-0.2, -0.15) is 0 Å². The van der Waals surface area contributed by atoms with Gasteiger partial charge in [0.2, 0.25) is 5.91 Å². The van der Waals surface area contributed by atoms with Gasteiger partial charge in [0.25, 0.3) is 0 Å². The minimum absolute atomic E-state index is 0.0257. The number of carbonyl (C=O) groups is 2. The van der Waals surface area contributed by atoms with Gasteiger partial charge in [-0.25, -0.2) is 4.79 Å². The van der Waals surface area contributed by atoms with Gasteiger partial charge in [-0.1, -0.05) is 60.5 Å². The van der Waals surface area contributed by atoms with E-state index in [0.717, 1.165) is 16.9 Å². The molecule has 0 fully saturated rings. The zero-order chi connectivity index (χ0) is 23.8. The van der Waals surface area contributed by atoms with Gasteiger partial charge < -0.3 is 15.1 Å². The number of halogens is 2. The minimum atomic E-state index is -0.374. The zero-order valence-corrected chi connectivity index (χ0v) is 21.0. The van der Waals surface area contributed by atoms with Crippen LogP contribution in [0.25, 0.3) is 0 Å². The number of anilines is 1. The lowest BCUT2D eigenvalue weighted by atomic mass is 10.2. The van der Waals surface area contributed by atoms with Crippen molar-refractivity contribution in [1.29, 1.82) is 0 Å². The van der Waals surface area contributed by atoms with E-state index in [1.54, 1.807) is 34.4 Å². The van der Waals surface area contributed by atoms with Gasteiger partial charge in [0.05, 0.1) is 17.3 Å². The quantitative estimate of drug-likeness (QED) is 0.347. The van der Waals surface area contributed by atoms with Crippen molar-refractivity contribution in [3.8, 4) is 0 Å². The molecule has 0 saturated carbocycles. The van der Waals surface area contributed by atoms with E-state index >= 15 is 0 Å². The van der Waals surface area contributed by atoms with Gasteiger partial charge in [-0.3, -0.25) is 4.79 Å². The lowest BCUT2D eigenvalue weighted by Gasteiger charge is -2.27. The maximum absolute atomic E-state index is 13.4. The van der Waals surface area contributed by atoms with Crippen LogP contribution in [0.5, 0.6) is 0 Å². The molecule has 0 aliphatic carbocycles. The average Bonchev–Trinajstić information content (AvgIpc) is 3.20.